The fraction of sp³-hybridized carbons (Fsp3) is 0.375. The number of carbonyl (C=O) groups is 2. The number of carbonyl (C=O) groups excluding carboxylic acids is 1. The number of carboxylic acids is 1. The van der Waals surface area contributed by atoms with Gasteiger partial charge in [0.15, 0.2) is 0 Å². The van der Waals surface area contributed by atoms with Gasteiger partial charge in [0.2, 0.25) is 17.6 Å². The van der Waals surface area contributed by atoms with Crippen LogP contribution >= 0.6 is 0 Å². The summed E-state index contributed by atoms with van der Waals surface area (Å²) in [5.74, 6) is -1.13. The van der Waals surface area contributed by atoms with Gasteiger partial charge in [-0.3, -0.25) is 4.79 Å². The van der Waals surface area contributed by atoms with Gasteiger partial charge in [0, 0.05) is 24.9 Å². The molecule has 0 spiro atoms. The molecular formula is C16H18FN3O5. The summed E-state index contributed by atoms with van der Waals surface area (Å²) < 4.78 is 23.4. The Kier molecular flexibility index (Phi) is 6.58. The minimum Gasteiger partial charge on any atom is -0.480 e. The Labute approximate surface area is 143 Å². The summed E-state index contributed by atoms with van der Waals surface area (Å²) in [5, 5.41) is 14.7. The van der Waals surface area contributed by atoms with Crippen molar-refractivity contribution in [2.45, 2.75) is 19.8 Å². The number of benzene rings is 1. The van der Waals surface area contributed by atoms with Crippen LogP contribution in [0.4, 0.5) is 4.39 Å². The zero-order chi connectivity index (χ0) is 18.2. The number of nitrogens with one attached hydrogen (secondary N) is 1. The molecule has 1 aromatic carbocycles. The molecule has 8 nitrogen and oxygen atoms in total. The molecule has 0 bridgehead atoms. The third-order valence-electron chi connectivity index (χ3n) is 3.26. The zero-order valence-corrected chi connectivity index (χ0v) is 13.6. The molecule has 0 atom stereocenters. The summed E-state index contributed by atoms with van der Waals surface area (Å²) in [6.45, 7) is 1.58. The summed E-state index contributed by atoms with van der Waals surface area (Å²) in [7, 11) is 0. The molecule has 2 aromatic rings. The van der Waals surface area contributed by atoms with Crippen molar-refractivity contribution < 1.29 is 28.3 Å². The third-order valence-corrected chi connectivity index (χ3v) is 3.26. The summed E-state index contributed by atoms with van der Waals surface area (Å²) in [4.78, 5) is 26.0. The van der Waals surface area contributed by atoms with Crippen LogP contribution in [0.3, 0.4) is 0 Å². The minimum atomic E-state index is -1.06. The van der Waals surface area contributed by atoms with Crippen LogP contribution in [0.5, 0.6) is 0 Å². The van der Waals surface area contributed by atoms with Gasteiger partial charge >= 0.3 is 5.97 Å². The average Bonchev–Trinajstić information content (AvgIpc) is 3.04. The van der Waals surface area contributed by atoms with Crippen molar-refractivity contribution in [2.75, 3.05) is 19.8 Å². The summed E-state index contributed by atoms with van der Waals surface area (Å²) in [6, 6.07) is 4.64. The Morgan fingerprint density at radius 1 is 1.40 bits per heavy atom. The van der Waals surface area contributed by atoms with E-state index in [0.29, 0.717) is 11.1 Å². The first-order valence-electron chi connectivity index (χ1n) is 7.61. The van der Waals surface area contributed by atoms with Crippen molar-refractivity contribution in [3.8, 4) is 11.4 Å². The van der Waals surface area contributed by atoms with Gasteiger partial charge in [-0.05, 0) is 18.6 Å². The zero-order valence-electron chi connectivity index (χ0n) is 13.6. The number of halogens is 1. The van der Waals surface area contributed by atoms with Crippen molar-refractivity contribution in [3.05, 3.63) is 35.5 Å². The van der Waals surface area contributed by atoms with Crippen LogP contribution in [0, 0.1) is 12.7 Å². The maximum Gasteiger partial charge on any atom is 0.329 e. The molecule has 2 N–H and O–H groups in total. The molecule has 1 aromatic heterocycles. The van der Waals surface area contributed by atoms with Gasteiger partial charge in [0.05, 0.1) is 6.61 Å². The molecule has 0 radical (unpaired) electrons. The lowest BCUT2D eigenvalue weighted by atomic mass is 10.1. The molecule has 25 heavy (non-hydrogen) atoms. The lowest BCUT2D eigenvalue weighted by Gasteiger charge is -2.03. The van der Waals surface area contributed by atoms with E-state index in [1.54, 1.807) is 19.1 Å². The van der Waals surface area contributed by atoms with E-state index in [2.05, 4.69) is 15.5 Å². The number of ether oxygens (including phenoxy) is 1. The molecular weight excluding hydrogens is 333 g/mol. The Morgan fingerprint density at radius 2 is 2.20 bits per heavy atom. The smallest absolute Gasteiger partial charge is 0.329 e. The van der Waals surface area contributed by atoms with E-state index >= 15 is 0 Å². The quantitative estimate of drug-likeness (QED) is 0.655. The maximum atomic E-state index is 13.6. The third kappa shape index (κ3) is 5.96. The van der Waals surface area contributed by atoms with Crippen LogP contribution in [0.2, 0.25) is 0 Å². The predicted octanol–water partition coefficient (Wildman–Crippen LogP) is 1.33. The van der Waals surface area contributed by atoms with Crippen LogP contribution in [-0.2, 0) is 20.7 Å². The van der Waals surface area contributed by atoms with Gasteiger partial charge in [-0.1, -0.05) is 17.3 Å². The first kappa shape index (κ1) is 18.5. The summed E-state index contributed by atoms with van der Waals surface area (Å²) in [6.07, 6.45) is 0.367. The molecule has 9 heteroatoms. The van der Waals surface area contributed by atoms with Crippen LogP contribution in [-0.4, -0.2) is 46.9 Å². The van der Waals surface area contributed by atoms with Crippen molar-refractivity contribution >= 4 is 11.9 Å². The normalized spacial score (nSPS) is 10.6. The highest BCUT2D eigenvalue weighted by atomic mass is 19.1. The Balaban J connectivity index is 1.76. The topological polar surface area (TPSA) is 115 Å². The molecule has 0 saturated heterocycles. The number of rotatable bonds is 9. The predicted molar refractivity (Wildman–Crippen MR) is 84.2 cm³/mol. The monoisotopic (exact) mass is 351 g/mol. The number of amides is 1. The number of aromatic nitrogens is 2. The highest BCUT2D eigenvalue weighted by Gasteiger charge is 2.12. The highest BCUT2D eigenvalue weighted by molar-refractivity contribution is 5.76. The highest BCUT2D eigenvalue weighted by Crippen LogP contribution is 2.19. The second-order valence-electron chi connectivity index (χ2n) is 5.27. The molecule has 0 fully saturated rings. The Morgan fingerprint density at radius 3 is 2.92 bits per heavy atom. The first-order chi connectivity index (χ1) is 12.0. The molecule has 0 saturated carbocycles. The van der Waals surface area contributed by atoms with E-state index in [-0.39, 0.29) is 49.4 Å². The number of aliphatic carboxylic acids is 1. The van der Waals surface area contributed by atoms with E-state index < -0.39 is 12.6 Å². The first-order valence-corrected chi connectivity index (χ1v) is 7.61. The van der Waals surface area contributed by atoms with Crippen molar-refractivity contribution in [1.29, 1.82) is 0 Å². The van der Waals surface area contributed by atoms with Crippen LogP contribution in [0.25, 0.3) is 11.4 Å². The molecule has 1 amide bonds. The van der Waals surface area contributed by atoms with E-state index in [9.17, 15) is 14.0 Å². The standard InChI is InChI=1S/C16H18FN3O5/c1-10-2-3-11(8-12(10)17)16-19-14(25-20-16)5-4-13(21)18-6-7-24-9-15(22)23/h2-3,8H,4-7,9H2,1H3,(H,18,21)(H,22,23). The lowest BCUT2D eigenvalue weighted by Crippen LogP contribution is -2.28. The minimum absolute atomic E-state index is 0.113. The van der Waals surface area contributed by atoms with Crippen molar-refractivity contribution in [3.63, 3.8) is 0 Å². The second kappa shape index (κ2) is 8.88. The fourth-order valence-electron chi connectivity index (χ4n) is 1.94. The molecule has 1 heterocycles. The van der Waals surface area contributed by atoms with E-state index in [4.69, 9.17) is 14.4 Å². The van der Waals surface area contributed by atoms with E-state index in [0.717, 1.165) is 0 Å². The number of hydrogen-bond acceptors (Lipinski definition) is 6. The maximum absolute atomic E-state index is 13.6. The van der Waals surface area contributed by atoms with E-state index in [1.165, 1.54) is 6.07 Å². The molecule has 0 unspecified atom stereocenters. The number of hydrogen-bond donors (Lipinski definition) is 2. The molecule has 0 aliphatic carbocycles. The number of aryl methyl sites for hydroxylation is 2. The van der Waals surface area contributed by atoms with Gasteiger partial charge in [-0.15, -0.1) is 0 Å². The molecule has 134 valence electrons. The SMILES string of the molecule is Cc1ccc(-c2noc(CCC(=O)NCCOCC(=O)O)n2)cc1F. The summed E-state index contributed by atoms with van der Waals surface area (Å²) in [5.41, 5.74) is 1.02. The largest absolute Gasteiger partial charge is 0.480 e. The lowest BCUT2D eigenvalue weighted by molar-refractivity contribution is -0.142. The number of nitrogens with zero attached hydrogens (tertiary/aromatic N) is 2. The molecule has 2 rings (SSSR count). The molecule has 0 aliphatic heterocycles. The van der Waals surface area contributed by atoms with E-state index in [1.807, 2.05) is 0 Å². The van der Waals surface area contributed by atoms with Crippen LogP contribution in [0.1, 0.15) is 17.9 Å². The Hall–Kier alpha value is -2.81. The van der Waals surface area contributed by atoms with Crippen LogP contribution in [0.15, 0.2) is 22.7 Å². The van der Waals surface area contributed by atoms with Gasteiger partial charge in [-0.2, -0.15) is 4.98 Å². The van der Waals surface area contributed by atoms with Gasteiger partial charge < -0.3 is 19.7 Å². The van der Waals surface area contributed by atoms with Crippen LogP contribution < -0.4 is 5.32 Å². The van der Waals surface area contributed by atoms with Gasteiger partial charge in [-0.25, -0.2) is 9.18 Å². The molecule has 0 aliphatic rings. The fourth-order valence-corrected chi connectivity index (χ4v) is 1.94. The second-order valence-corrected chi connectivity index (χ2v) is 5.27. The van der Waals surface area contributed by atoms with Crippen molar-refractivity contribution in [2.24, 2.45) is 0 Å². The summed E-state index contributed by atoms with van der Waals surface area (Å²) >= 11 is 0. The van der Waals surface area contributed by atoms with Crippen molar-refractivity contribution in [1.82, 2.24) is 15.5 Å². The number of carboxylic acid groups (broad SMARTS) is 1. The van der Waals surface area contributed by atoms with Gasteiger partial charge in [0.25, 0.3) is 0 Å². The van der Waals surface area contributed by atoms with Gasteiger partial charge in [0.1, 0.15) is 12.4 Å². The Bertz CT molecular complexity index is 747. The average molecular weight is 351 g/mol.